The molecule has 0 saturated heterocycles. The van der Waals surface area contributed by atoms with Gasteiger partial charge in [0.2, 0.25) is 0 Å². The van der Waals surface area contributed by atoms with E-state index in [0.29, 0.717) is 0 Å². The van der Waals surface area contributed by atoms with Gasteiger partial charge >= 0.3 is 33.3 Å². The number of rotatable bonds is 4. The molecule has 0 amide bonds. The minimum absolute atomic E-state index is 0.194. The Kier molecular flexibility index (Phi) is 9.12. The molecule has 0 spiro atoms. The van der Waals surface area contributed by atoms with Crippen LogP contribution in [0, 0.1) is 20.8 Å². The van der Waals surface area contributed by atoms with Crippen LogP contribution in [-0.4, -0.2) is 21.1 Å². The molecule has 0 aliphatic heterocycles. The van der Waals surface area contributed by atoms with Gasteiger partial charge in [-0.2, -0.15) is 5.10 Å². The normalized spacial score (nSPS) is 12.0. The molecule has 0 bridgehead atoms. The van der Waals surface area contributed by atoms with Crippen LogP contribution in [0.2, 0.25) is 0 Å². The molecule has 0 unspecified atom stereocenters. The molecule has 2 heterocycles. The molecule has 0 atom stereocenters. The number of aromatic nitrogens is 2. The van der Waals surface area contributed by atoms with Crippen molar-refractivity contribution < 1.29 is 13.1 Å². The van der Waals surface area contributed by atoms with Gasteiger partial charge in [-0.25, -0.2) is 9.66 Å². The van der Waals surface area contributed by atoms with E-state index in [2.05, 4.69) is 38.0 Å². The first kappa shape index (κ1) is 23.4. The Bertz CT molecular complexity index is 988. The quantitative estimate of drug-likeness (QED) is 0.313. The van der Waals surface area contributed by atoms with Crippen LogP contribution in [0.5, 0.6) is 0 Å². The van der Waals surface area contributed by atoms with E-state index in [-0.39, 0.29) is 13.1 Å². The summed E-state index contributed by atoms with van der Waals surface area (Å²) >= 11 is 0.194. The van der Waals surface area contributed by atoms with E-state index in [1.165, 1.54) is 16.7 Å². The van der Waals surface area contributed by atoms with Crippen molar-refractivity contribution in [1.29, 1.82) is 0 Å². The fraction of sp³-hybridized carbons (Fsp3) is 0.227. The van der Waals surface area contributed by atoms with Gasteiger partial charge in [-0.1, -0.05) is 23.8 Å². The summed E-state index contributed by atoms with van der Waals surface area (Å²) in [7, 11) is 9.53. The fourth-order valence-electron chi connectivity index (χ4n) is 3.03. The van der Waals surface area contributed by atoms with Crippen molar-refractivity contribution >= 4 is 37.3 Å². The van der Waals surface area contributed by atoms with E-state index in [0.717, 1.165) is 28.5 Å². The van der Waals surface area contributed by atoms with Crippen LogP contribution >= 0.6 is 20.2 Å². The second kappa shape index (κ2) is 11.3. The summed E-state index contributed by atoms with van der Waals surface area (Å²) in [6.07, 6.45) is 3.81. The van der Waals surface area contributed by atoms with Gasteiger partial charge in [0.25, 0.3) is 0 Å². The van der Waals surface area contributed by atoms with Gasteiger partial charge in [-0.3, -0.25) is 4.99 Å². The van der Waals surface area contributed by atoms with Crippen molar-refractivity contribution in [2.75, 3.05) is 0 Å². The molecule has 29 heavy (non-hydrogen) atoms. The van der Waals surface area contributed by atoms with Crippen LogP contribution in [0.4, 0.5) is 5.69 Å². The number of hydrogen-bond acceptors (Lipinski definition) is 3. The first-order valence-corrected chi connectivity index (χ1v) is 12.0. The third-order valence-electron chi connectivity index (χ3n) is 4.26. The van der Waals surface area contributed by atoms with Crippen molar-refractivity contribution in [2.45, 2.75) is 34.6 Å². The number of pyridine rings is 1. The number of halogens is 2. The topological polar surface area (TPSA) is 42.5 Å². The van der Waals surface area contributed by atoms with E-state index in [1.807, 2.05) is 56.6 Å². The molecule has 4 nitrogen and oxygen atoms in total. The number of hydrogen-bond donors (Lipinski definition) is 0. The summed E-state index contributed by atoms with van der Waals surface area (Å²) in [5.74, 6) is 0. The average Bonchev–Trinajstić information content (AvgIpc) is 3.18. The molecule has 0 saturated carbocycles. The standard InChI is InChI=1S/C22H24N4.2ClH.Fe/c1-15-13-16(2)22(17(3)14-15)23-18(4)20-9-8-10-21(24-20)19(5)25-26-11-6-7-12-26;;;/h6-14H,1-5H3;2*1H;/q;;;+2/p-2. The predicted molar refractivity (Wildman–Crippen MR) is 121 cm³/mol. The van der Waals surface area contributed by atoms with Crippen molar-refractivity contribution in [3.63, 3.8) is 0 Å². The summed E-state index contributed by atoms with van der Waals surface area (Å²) in [5, 5.41) is 4.54. The molecule has 2 aromatic heterocycles. The Morgan fingerprint density at radius 2 is 1.41 bits per heavy atom. The van der Waals surface area contributed by atoms with Crippen LogP contribution in [0.3, 0.4) is 0 Å². The molecule has 0 radical (unpaired) electrons. The van der Waals surface area contributed by atoms with Gasteiger partial charge in [0.1, 0.15) is 0 Å². The maximum atomic E-state index is 4.85. The van der Waals surface area contributed by atoms with Crippen molar-refractivity contribution in [3.05, 3.63) is 82.9 Å². The number of aliphatic imine (C=N–C) groups is 1. The predicted octanol–water partition coefficient (Wildman–Crippen LogP) is 6.60. The van der Waals surface area contributed by atoms with Crippen molar-refractivity contribution in [2.24, 2.45) is 10.1 Å². The first-order valence-electron chi connectivity index (χ1n) is 9.00. The zero-order valence-corrected chi connectivity index (χ0v) is 19.7. The fourth-order valence-corrected chi connectivity index (χ4v) is 3.03. The van der Waals surface area contributed by atoms with Gasteiger partial charge < -0.3 is 0 Å². The molecule has 0 aliphatic rings. The third kappa shape index (κ3) is 6.83. The van der Waals surface area contributed by atoms with Crippen LogP contribution in [-0.2, 0) is 13.1 Å². The molecule has 1 aromatic carbocycles. The molecule has 3 aromatic rings. The first-order chi connectivity index (χ1) is 13.8. The van der Waals surface area contributed by atoms with Gasteiger partial charge in [0.05, 0.1) is 28.5 Å². The molecular formula is C22H24Cl2FeN4. The van der Waals surface area contributed by atoms with Crippen LogP contribution in [0.1, 0.15) is 41.9 Å². The Hall–Kier alpha value is -1.91. The average molecular weight is 471 g/mol. The molecule has 3 rings (SSSR count). The van der Waals surface area contributed by atoms with Gasteiger partial charge in [0, 0.05) is 12.4 Å². The van der Waals surface area contributed by atoms with Crippen LogP contribution < -0.4 is 0 Å². The Morgan fingerprint density at radius 3 is 1.97 bits per heavy atom. The maximum absolute atomic E-state index is 4.85. The Balaban J connectivity index is 0.000000941. The number of nitrogens with zero attached hydrogens (tertiary/aromatic N) is 4. The molecule has 0 aliphatic carbocycles. The van der Waals surface area contributed by atoms with E-state index >= 15 is 0 Å². The number of benzene rings is 1. The Labute approximate surface area is 187 Å². The van der Waals surface area contributed by atoms with E-state index in [9.17, 15) is 0 Å². The Morgan fingerprint density at radius 1 is 0.897 bits per heavy atom. The molecule has 154 valence electrons. The third-order valence-corrected chi connectivity index (χ3v) is 4.26. The minimum atomic E-state index is 0.194. The van der Waals surface area contributed by atoms with Crippen molar-refractivity contribution in [1.82, 2.24) is 9.66 Å². The summed E-state index contributed by atoms with van der Waals surface area (Å²) in [4.78, 5) is 9.61. The summed E-state index contributed by atoms with van der Waals surface area (Å²) in [6.45, 7) is 10.3. The zero-order chi connectivity index (χ0) is 21.4. The second-order valence-corrected chi connectivity index (χ2v) is 8.48. The van der Waals surface area contributed by atoms with E-state index in [4.69, 9.17) is 30.2 Å². The molecule has 0 fully saturated rings. The monoisotopic (exact) mass is 470 g/mol. The van der Waals surface area contributed by atoms with Gasteiger partial charge in [-0.05, 0) is 70.0 Å². The van der Waals surface area contributed by atoms with Crippen LogP contribution in [0.15, 0.2) is 65.0 Å². The van der Waals surface area contributed by atoms with Crippen LogP contribution in [0.25, 0.3) is 0 Å². The van der Waals surface area contributed by atoms with Crippen molar-refractivity contribution in [3.8, 4) is 0 Å². The van der Waals surface area contributed by atoms with E-state index < -0.39 is 0 Å². The molecular weight excluding hydrogens is 447 g/mol. The molecule has 0 N–H and O–H groups in total. The summed E-state index contributed by atoms with van der Waals surface area (Å²) < 4.78 is 1.78. The van der Waals surface area contributed by atoms with E-state index in [1.54, 1.807) is 4.68 Å². The SMILES string of the molecule is CC(=Nc1c(C)cc(C)cc1C)c1cccc(C(C)=Nn2cccc2)n1.[Cl][Fe][Cl]. The second-order valence-electron chi connectivity index (χ2n) is 6.65. The summed E-state index contributed by atoms with van der Waals surface area (Å²) in [6, 6.07) is 14.2. The van der Waals surface area contributed by atoms with Gasteiger partial charge in [-0.15, -0.1) is 0 Å². The summed E-state index contributed by atoms with van der Waals surface area (Å²) in [5.41, 5.74) is 8.12. The molecule has 7 heteroatoms. The number of aryl methyl sites for hydroxylation is 3. The zero-order valence-electron chi connectivity index (χ0n) is 17.1. The van der Waals surface area contributed by atoms with Gasteiger partial charge in [0.15, 0.2) is 0 Å².